The first-order valence-electron chi connectivity index (χ1n) is 10.2. The van der Waals surface area contributed by atoms with E-state index in [1.807, 2.05) is 0 Å². The molecule has 0 spiro atoms. The van der Waals surface area contributed by atoms with Crippen molar-refractivity contribution >= 4 is 44.4 Å². The van der Waals surface area contributed by atoms with Crippen LogP contribution in [-0.2, 0) is 14.8 Å². The molecule has 9 nitrogen and oxygen atoms in total. The number of carbonyl (C=O) groups is 1. The summed E-state index contributed by atoms with van der Waals surface area (Å²) in [6.07, 6.45) is 1.84. The number of aromatic nitrogens is 2. The number of ether oxygens (including phenoxy) is 1. The van der Waals surface area contributed by atoms with Gasteiger partial charge >= 0.3 is 6.09 Å². The number of hydrogen-bond donors (Lipinski definition) is 2. The van der Waals surface area contributed by atoms with Gasteiger partial charge in [-0.2, -0.15) is 0 Å². The fourth-order valence-corrected chi connectivity index (χ4v) is 3.88. The maximum absolute atomic E-state index is 13.8. The third kappa shape index (κ3) is 5.37. The van der Waals surface area contributed by atoms with Crippen LogP contribution in [0.25, 0.3) is 22.4 Å². The lowest BCUT2D eigenvalue weighted by atomic mass is 10.2. The summed E-state index contributed by atoms with van der Waals surface area (Å²) in [5.41, 5.74) is 0.937. The molecule has 0 saturated carbocycles. The van der Waals surface area contributed by atoms with Gasteiger partial charge in [-0.05, 0) is 63.2 Å². The Hall–Kier alpha value is -3.86. The second-order valence-corrected chi connectivity index (χ2v) is 10.4. The molecule has 0 saturated heterocycles. The Bertz CT molecular complexity index is 1480. The highest BCUT2D eigenvalue weighted by Crippen LogP contribution is 2.32. The average molecular weight is 487 g/mol. The Kier molecular flexibility index (Phi) is 5.82. The molecule has 4 aromatic rings. The van der Waals surface area contributed by atoms with Crippen LogP contribution in [0.3, 0.4) is 0 Å². The van der Waals surface area contributed by atoms with Crippen LogP contribution >= 0.6 is 0 Å². The summed E-state index contributed by atoms with van der Waals surface area (Å²) in [5, 5.41) is 3.44. The lowest BCUT2D eigenvalue weighted by Gasteiger charge is -2.20. The number of halogens is 1. The molecule has 2 N–H and O–H groups in total. The standard InChI is InChI=1S/C23H23FN4O5S/c1-23(2,3)33-22(29)28-18-9-8-15(24)10-14(18)11-19(28)20-13-25-21(32-20)26-16-6-5-7-17(12-16)27-34(4,30)31/h5-13,27H,1-4H3,(H,25,26). The van der Waals surface area contributed by atoms with Gasteiger partial charge in [0.2, 0.25) is 10.0 Å². The summed E-state index contributed by atoms with van der Waals surface area (Å²) in [7, 11) is -3.43. The second kappa shape index (κ2) is 8.49. The minimum atomic E-state index is -3.43. The van der Waals surface area contributed by atoms with Gasteiger partial charge in [-0.25, -0.2) is 27.2 Å². The maximum Gasteiger partial charge on any atom is 0.419 e. The van der Waals surface area contributed by atoms with Crippen LogP contribution in [0.15, 0.2) is 59.1 Å². The van der Waals surface area contributed by atoms with Gasteiger partial charge in [0.25, 0.3) is 6.01 Å². The SMILES string of the molecule is CC(C)(C)OC(=O)n1c(-c2cnc(Nc3cccc(NS(C)(=O)=O)c3)o2)cc2cc(F)ccc21. The number of nitrogens with zero attached hydrogens (tertiary/aromatic N) is 2. The molecule has 0 atom stereocenters. The van der Waals surface area contributed by atoms with Crippen molar-refractivity contribution < 1.29 is 26.8 Å². The number of oxazole rings is 1. The number of benzene rings is 2. The number of nitrogens with one attached hydrogen (secondary N) is 2. The smallest absolute Gasteiger partial charge is 0.419 e. The van der Waals surface area contributed by atoms with Gasteiger partial charge in [0.15, 0.2) is 5.76 Å². The van der Waals surface area contributed by atoms with Gasteiger partial charge in [0, 0.05) is 11.1 Å². The molecule has 0 aliphatic rings. The molecule has 0 aliphatic carbocycles. The Morgan fingerprint density at radius 3 is 2.56 bits per heavy atom. The summed E-state index contributed by atoms with van der Waals surface area (Å²) < 4.78 is 51.8. The lowest BCUT2D eigenvalue weighted by Crippen LogP contribution is -2.27. The van der Waals surface area contributed by atoms with E-state index in [4.69, 9.17) is 9.15 Å². The van der Waals surface area contributed by atoms with E-state index in [0.29, 0.717) is 28.0 Å². The Labute approximate surface area is 195 Å². The largest absolute Gasteiger partial charge is 0.443 e. The number of carbonyl (C=O) groups excluding carboxylic acids is 1. The predicted octanol–water partition coefficient (Wildman–Crippen LogP) is 5.33. The van der Waals surface area contributed by atoms with Crippen LogP contribution in [0.4, 0.5) is 26.6 Å². The van der Waals surface area contributed by atoms with E-state index in [1.54, 1.807) is 51.1 Å². The van der Waals surface area contributed by atoms with Crippen molar-refractivity contribution in [2.75, 3.05) is 16.3 Å². The molecule has 0 aliphatic heterocycles. The number of sulfonamides is 1. The topological polar surface area (TPSA) is 115 Å². The van der Waals surface area contributed by atoms with E-state index in [-0.39, 0.29) is 11.8 Å². The molecule has 2 heterocycles. The Morgan fingerprint density at radius 1 is 1.12 bits per heavy atom. The van der Waals surface area contributed by atoms with Crippen molar-refractivity contribution in [3.05, 3.63) is 60.5 Å². The monoisotopic (exact) mass is 486 g/mol. The van der Waals surface area contributed by atoms with Crippen LogP contribution in [0.5, 0.6) is 0 Å². The minimum Gasteiger partial charge on any atom is -0.443 e. The fraction of sp³-hybridized carbons (Fsp3) is 0.217. The van der Waals surface area contributed by atoms with E-state index in [0.717, 1.165) is 6.26 Å². The average Bonchev–Trinajstić information content (AvgIpc) is 3.29. The van der Waals surface area contributed by atoms with Gasteiger partial charge in [0.05, 0.1) is 29.4 Å². The predicted molar refractivity (Wildman–Crippen MR) is 127 cm³/mol. The molecule has 11 heteroatoms. The van der Waals surface area contributed by atoms with Crippen LogP contribution in [0.1, 0.15) is 20.8 Å². The molecule has 34 heavy (non-hydrogen) atoms. The molecule has 0 fully saturated rings. The number of fused-ring (bicyclic) bond motifs is 1. The third-order valence-electron chi connectivity index (χ3n) is 4.51. The van der Waals surface area contributed by atoms with E-state index in [1.165, 1.54) is 29.0 Å². The number of anilines is 3. The van der Waals surface area contributed by atoms with E-state index in [2.05, 4.69) is 15.0 Å². The quantitative estimate of drug-likeness (QED) is 0.391. The van der Waals surface area contributed by atoms with Crippen LogP contribution < -0.4 is 10.0 Å². The van der Waals surface area contributed by atoms with E-state index >= 15 is 0 Å². The molecule has 2 aromatic heterocycles. The normalized spacial score (nSPS) is 12.0. The lowest BCUT2D eigenvalue weighted by molar-refractivity contribution is 0.0546. The van der Waals surface area contributed by atoms with Crippen molar-refractivity contribution in [3.63, 3.8) is 0 Å². The van der Waals surface area contributed by atoms with Crippen LogP contribution in [0.2, 0.25) is 0 Å². The summed E-state index contributed by atoms with van der Waals surface area (Å²) in [6.45, 7) is 5.25. The molecular weight excluding hydrogens is 463 g/mol. The molecular formula is C23H23FN4O5S. The fourth-order valence-electron chi connectivity index (χ4n) is 3.32. The summed E-state index contributed by atoms with van der Waals surface area (Å²) >= 11 is 0. The van der Waals surface area contributed by atoms with Crippen molar-refractivity contribution in [1.29, 1.82) is 0 Å². The van der Waals surface area contributed by atoms with Crippen molar-refractivity contribution in [3.8, 4) is 11.5 Å². The van der Waals surface area contributed by atoms with Crippen LogP contribution in [0, 0.1) is 5.82 Å². The van der Waals surface area contributed by atoms with E-state index < -0.39 is 27.5 Å². The van der Waals surface area contributed by atoms with Crippen molar-refractivity contribution in [2.45, 2.75) is 26.4 Å². The first-order chi connectivity index (χ1) is 15.9. The summed E-state index contributed by atoms with van der Waals surface area (Å²) in [6, 6.07) is 12.3. The van der Waals surface area contributed by atoms with Gasteiger partial charge in [-0.15, -0.1) is 0 Å². The maximum atomic E-state index is 13.8. The first-order valence-corrected chi connectivity index (χ1v) is 12.1. The van der Waals surface area contributed by atoms with E-state index in [9.17, 15) is 17.6 Å². The molecule has 0 radical (unpaired) electrons. The number of rotatable bonds is 5. The second-order valence-electron chi connectivity index (χ2n) is 8.66. The molecule has 4 rings (SSSR count). The summed E-state index contributed by atoms with van der Waals surface area (Å²) in [4.78, 5) is 17.2. The molecule has 0 amide bonds. The van der Waals surface area contributed by atoms with Crippen LogP contribution in [-0.4, -0.2) is 35.9 Å². The molecule has 0 bridgehead atoms. The minimum absolute atomic E-state index is 0.110. The first kappa shape index (κ1) is 23.3. The molecule has 0 unspecified atom stereocenters. The van der Waals surface area contributed by atoms with Crippen molar-refractivity contribution in [2.24, 2.45) is 0 Å². The summed E-state index contributed by atoms with van der Waals surface area (Å²) in [5.74, 6) is -0.196. The molecule has 178 valence electrons. The zero-order chi connectivity index (χ0) is 24.7. The zero-order valence-electron chi connectivity index (χ0n) is 18.9. The highest BCUT2D eigenvalue weighted by Gasteiger charge is 2.24. The van der Waals surface area contributed by atoms with Gasteiger partial charge in [0.1, 0.15) is 11.4 Å². The van der Waals surface area contributed by atoms with Gasteiger partial charge in [-0.1, -0.05) is 6.07 Å². The highest BCUT2D eigenvalue weighted by atomic mass is 32.2. The highest BCUT2D eigenvalue weighted by molar-refractivity contribution is 7.92. The Morgan fingerprint density at radius 2 is 1.85 bits per heavy atom. The van der Waals surface area contributed by atoms with Gasteiger partial charge in [-0.3, -0.25) is 4.72 Å². The molecule has 2 aromatic carbocycles. The third-order valence-corrected chi connectivity index (χ3v) is 5.12. The van der Waals surface area contributed by atoms with Crippen molar-refractivity contribution in [1.82, 2.24) is 9.55 Å². The number of hydrogen-bond acceptors (Lipinski definition) is 7. The zero-order valence-corrected chi connectivity index (χ0v) is 19.7. The van der Waals surface area contributed by atoms with Gasteiger partial charge < -0.3 is 14.5 Å². The Balaban J connectivity index is 1.69.